The molecule has 11 heteroatoms. The Kier molecular flexibility index (Phi) is 11.8. The van der Waals surface area contributed by atoms with Crippen LogP contribution in [0.5, 0.6) is 17.2 Å². The zero-order valence-electron chi connectivity index (χ0n) is 22.5. The zero-order valence-corrected chi connectivity index (χ0v) is 22.5. The molecule has 0 heterocycles. The molecule has 0 aliphatic rings. The second-order valence-corrected chi connectivity index (χ2v) is 8.92. The van der Waals surface area contributed by atoms with E-state index in [2.05, 4.69) is 4.74 Å². The number of benzene rings is 3. The molecule has 0 bridgehead atoms. The minimum absolute atomic E-state index is 0.0805. The van der Waals surface area contributed by atoms with Crippen LogP contribution < -0.4 is 14.2 Å². The Morgan fingerprint density at radius 2 is 1.54 bits per heavy atom. The third-order valence-corrected chi connectivity index (χ3v) is 5.88. The number of hydrogen-bond acceptors (Lipinski definition) is 6. The first kappa shape index (κ1) is 31.3. The molecule has 0 saturated heterocycles. The van der Waals surface area contributed by atoms with E-state index in [9.17, 15) is 27.9 Å². The van der Waals surface area contributed by atoms with Crippen LogP contribution >= 0.6 is 0 Å². The zero-order chi connectivity index (χ0) is 29.7. The van der Waals surface area contributed by atoms with Crippen LogP contribution in [0.3, 0.4) is 0 Å². The van der Waals surface area contributed by atoms with Gasteiger partial charge in [0.15, 0.2) is 17.6 Å². The number of para-hydroxylation sites is 2. The van der Waals surface area contributed by atoms with Gasteiger partial charge in [-0.15, -0.1) is 13.2 Å². The van der Waals surface area contributed by atoms with Gasteiger partial charge in [0.25, 0.3) is 0 Å². The highest BCUT2D eigenvalue weighted by atomic mass is 19.4. The second kappa shape index (κ2) is 15.5. The van der Waals surface area contributed by atoms with Gasteiger partial charge in [-0.3, -0.25) is 0 Å². The number of alkyl halides is 3. The normalized spacial score (nSPS) is 11.9. The number of amides is 1. The van der Waals surface area contributed by atoms with E-state index < -0.39 is 30.3 Å². The van der Waals surface area contributed by atoms with Crippen molar-refractivity contribution in [2.75, 3.05) is 26.3 Å². The summed E-state index contributed by atoms with van der Waals surface area (Å²) in [6, 6.07) is 21.6. The number of carbonyl (C=O) groups excluding carboxylic acids is 1. The smallest absolute Gasteiger partial charge is 0.492 e. The molecule has 1 amide bonds. The number of nitrogens with zero attached hydrogens (tertiary/aromatic N) is 1. The molecule has 0 radical (unpaired) electrons. The second-order valence-electron chi connectivity index (χ2n) is 8.92. The van der Waals surface area contributed by atoms with Gasteiger partial charge in [0, 0.05) is 19.6 Å². The topological polar surface area (TPSA) is 94.5 Å². The van der Waals surface area contributed by atoms with Crippen LogP contribution in [0.25, 0.3) is 0 Å². The summed E-state index contributed by atoms with van der Waals surface area (Å²) in [7, 11) is 0. The minimum atomic E-state index is -4.95. The predicted octanol–water partition coefficient (Wildman–Crippen LogP) is 6.13. The molecule has 0 spiro atoms. The van der Waals surface area contributed by atoms with Gasteiger partial charge < -0.3 is 29.0 Å². The van der Waals surface area contributed by atoms with Crippen LogP contribution in [0.15, 0.2) is 78.9 Å². The average Bonchev–Trinajstić information content (AvgIpc) is 2.93. The van der Waals surface area contributed by atoms with Crippen molar-refractivity contribution in [2.24, 2.45) is 0 Å². The predicted molar refractivity (Wildman–Crippen MR) is 144 cm³/mol. The summed E-state index contributed by atoms with van der Waals surface area (Å²) in [5, 5.41) is 9.27. The lowest BCUT2D eigenvalue weighted by molar-refractivity contribution is -0.275. The molecule has 3 aromatic rings. The lowest BCUT2D eigenvalue weighted by atomic mass is 10.1. The van der Waals surface area contributed by atoms with E-state index in [1.165, 1.54) is 23.1 Å². The van der Waals surface area contributed by atoms with Crippen LogP contribution in [-0.2, 0) is 22.4 Å². The van der Waals surface area contributed by atoms with Crippen molar-refractivity contribution in [1.82, 2.24) is 4.90 Å². The molecular weight excluding hydrogens is 543 g/mol. The largest absolute Gasteiger partial charge is 0.573 e. The van der Waals surface area contributed by atoms with E-state index in [4.69, 9.17) is 14.2 Å². The molecule has 8 nitrogen and oxygen atoms in total. The van der Waals surface area contributed by atoms with Gasteiger partial charge in [0.1, 0.15) is 12.4 Å². The van der Waals surface area contributed by atoms with Crippen LogP contribution in [0.2, 0.25) is 0 Å². The standard InChI is InChI=1S/C30H32F3NO7/c1-2-38-27(28(35)36)21-23-14-16-24(17-15-23)39-20-19-34(18-8-11-22-9-4-3-5-10-22)29(37)40-25-12-6-7-13-26(25)41-30(31,32)33/h3-7,9-10,12-17,27H,2,8,11,18-21H2,1H3,(H,35,36). The van der Waals surface area contributed by atoms with Gasteiger partial charge in [-0.05, 0) is 55.2 Å². The first-order chi connectivity index (χ1) is 19.6. The van der Waals surface area contributed by atoms with E-state index in [0.29, 0.717) is 18.6 Å². The fraction of sp³-hybridized carbons (Fsp3) is 0.333. The van der Waals surface area contributed by atoms with E-state index >= 15 is 0 Å². The van der Waals surface area contributed by atoms with Gasteiger partial charge in [0.2, 0.25) is 0 Å². The van der Waals surface area contributed by atoms with Crippen molar-refractivity contribution in [1.29, 1.82) is 0 Å². The average molecular weight is 576 g/mol. The molecule has 3 rings (SSSR count). The van der Waals surface area contributed by atoms with Crippen LogP contribution in [0.1, 0.15) is 24.5 Å². The van der Waals surface area contributed by atoms with E-state index in [-0.39, 0.29) is 38.5 Å². The first-order valence-electron chi connectivity index (χ1n) is 13.1. The molecule has 0 aliphatic heterocycles. The van der Waals surface area contributed by atoms with Crippen LogP contribution in [0.4, 0.5) is 18.0 Å². The Bertz CT molecular complexity index is 1240. The summed E-state index contributed by atoms with van der Waals surface area (Å²) in [5.41, 5.74) is 1.83. The Morgan fingerprint density at radius 3 is 2.17 bits per heavy atom. The van der Waals surface area contributed by atoms with Gasteiger partial charge >= 0.3 is 18.4 Å². The van der Waals surface area contributed by atoms with Gasteiger partial charge in [-0.1, -0.05) is 54.6 Å². The number of carbonyl (C=O) groups is 2. The molecule has 1 N–H and O–H groups in total. The highest BCUT2D eigenvalue weighted by molar-refractivity contribution is 5.73. The summed E-state index contributed by atoms with van der Waals surface area (Å²) >= 11 is 0. The number of aliphatic carboxylic acids is 1. The Balaban J connectivity index is 1.62. The summed E-state index contributed by atoms with van der Waals surface area (Å²) in [5.74, 6) is -1.52. The van der Waals surface area contributed by atoms with Crippen molar-refractivity contribution < 1.29 is 46.8 Å². The maximum Gasteiger partial charge on any atom is 0.573 e. The highest BCUT2D eigenvalue weighted by Gasteiger charge is 2.33. The molecule has 3 aromatic carbocycles. The quantitative estimate of drug-likeness (QED) is 0.233. The van der Waals surface area contributed by atoms with Gasteiger partial charge in [-0.2, -0.15) is 0 Å². The number of ether oxygens (including phenoxy) is 4. The Labute approximate surface area is 236 Å². The number of halogens is 3. The molecule has 0 aromatic heterocycles. The summed E-state index contributed by atoms with van der Waals surface area (Å²) in [6.07, 6.45) is -5.28. The molecule has 1 unspecified atom stereocenters. The van der Waals surface area contributed by atoms with Crippen LogP contribution in [-0.4, -0.2) is 60.8 Å². The number of carboxylic acid groups (broad SMARTS) is 1. The lowest BCUT2D eigenvalue weighted by Crippen LogP contribution is -2.37. The van der Waals surface area contributed by atoms with Crippen molar-refractivity contribution in [2.45, 2.75) is 38.7 Å². The van der Waals surface area contributed by atoms with Crippen molar-refractivity contribution in [3.8, 4) is 17.2 Å². The number of rotatable bonds is 15. The fourth-order valence-electron chi connectivity index (χ4n) is 3.94. The SMILES string of the molecule is CCOC(Cc1ccc(OCCN(CCCc2ccccc2)C(=O)Oc2ccccc2OC(F)(F)F)cc1)C(=O)O. The Hall–Kier alpha value is -4.25. The summed E-state index contributed by atoms with van der Waals surface area (Å²) in [4.78, 5) is 25.7. The van der Waals surface area contributed by atoms with Crippen LogP contribution in [0, 0.1) is 0 Å². The van der Waals surface area contributed by atoms with Gasteiger partial charge in [0.05, 0.1) is 6.54 Å². The maximum absolute atomic E-state index is 13.0. The third kappa shape index (κ3) is 11.0. The summed E-state index contributed by atoms with van der Waals surface area (Å²) < 4.78 is 58.7. The van der Waals surface area contributed by atoms with E-state index in [0.717, 1.165) is 17.2 Å². The van der Waals surface area contributed by atoms with Crippen molar-refractivity contribution in [3.63, 3.8) is 0 Å². The summed E-state index contributed by atoms with van der Waals surface area (Å²) in [6.45, 7) is 2.46. The third-order valence-electron chi connectivity index (χ3n) is 5.88. The molecule has 0 aliphatic carbocycles. The molecule has 0 fully saturated rings. The molecule has 41 heavy (non-hydrogen) atoms. The van der Waals surface area contributed by atoms with Crippen molar-refractivity contribution >= 4 is 12.1 Å². The highest BCUT2D eigenvalue weighted by Crippen LogP contribution is 2.32. The lowest BCUT2D eigenvalue weighted by Gasteiger charge is -2.23. The number of aryl methyl sites for hydroxylation is 1. The van der Waals surface area contributed by atoms with Crippen molar-refractivity contribution in [3.05, 3.63) is 90.0 Å². The Morgan fingerprint density at radius 1 is 0.878 bits per heavy atom. The van der Waals surface area contributed by atoms with E-state index in [1.54, 1.807) is 31.2 Å². The fourth-order valence-corrected chi connectivity index (χ4v) is 3.94. The van der Waals surface area contributed by atoms with E-state index in [1.807, 2.05) is 30.3 Å². The first-order valence-corrected chi connectivity index (χ1v) is 13.1. The number of hydrogen-bond donors (Lipinski definition) is 1. The molecule has 1 atom stereocenters. The monoisotopic (exact) mass is 575 g/mol. The molecule has 0 saturated carbocycles. The minimum Gasteiger partial charge on any atom is -0.492 e. The molecular formula is C30H32F3NO7. The van der Waals surface area contributed by atoms with Gasteiger partial charge in [-0.25, -0.2) is 9.59 Å². The molecule has 220 valence electrons. The number of carboxylic acids is 1. The maximum atomic E-state index is 13.0.